The van der Waals surface area contributed by atoms with Crippen LogP contribution in [0.4, 0.5) is 4.79 Å². The smallest absolute Gasteiger partial charge is 0.405 e. The molecule has 0 spiro atoms. The van der Waals surface area contributed by atoms with Crippen LogP contribution in [0.25, 0.3) is 0 Å². The monoisotopic (exact) mass is 482 g/mol. The first kappa shape index (κ1) is 25.6. The molecule has 3 atom stereocenters. The van der Waals surface area contributed by atoms with Gasteiger partial charge in [-0.2, -0.15) is 0 Å². The molecular weight excluding hydrogens is 448 g/mol. The van der Waals surface area contributed by atoms with Crippen LogP contribution in [0.5, 0.6) is 5.75 Å². The molecule has 2 N–H and O–H groups in total. The Hall–Kier alpha value is -2.04. The van der Waals surface area contributed by atoms with E-state index in [1.807, 2.05) is 0 Å². The Morgan fingerprint density at radius 3 is 2.67 bits per heavy atom. The number of hydrogen-bond donors (Lipinski definition) is 2. The lowest BCUT2D eigenvalue weighted by Crippen LogP contribution is -2.61. The highest BCUT2D eigenvalue weighted by atomic mass is 32.2. The molecule has 2 fully saturated rings. The molecule has 2 aliphatic rings. The van der Waals surface area contributed by atoms with E-state index in [4.69, 9.17) is 14.2 Å². The summed E-state index contributed by atoms with van der Waals surface area (Å²) in [6, 6.07) is 2.43. The first-order valence-electron chi connectivity index (χ1n) is 11.4. The highest BCUT2D eigenvalue weighted by molar-refractivity contribution is 7.91. The van der Waals surface area contributed by atoms with Gasteiger partial charge in [0.1, 0.15) is 23.3 Å². The zero-order valence-electron chi connectivity index (χ0n) is 19.7. The van der Waals surface area contributed by atoms with Crippen LogP contribution in [0.2, 0.25) is 0 Å². The number of rotatable bonds is 9. The molecule has 33 heavy (non-hydrogen) atoms. The van der Waals surface area contributed by atoms with Crippen molar-refractivity contribution < 1.29 is 33.5 Å². The van der Waals surface area contributed by atoms with Gasteiger partial charge in [0.05, 0.1) is 6.10 Å². The van der Waals surface area contributed by atoms with Crippen LogP contribution in [0.3, 0.4) is 0 Å². The molecule has 1 aliphatic carbocycles. The van der Waals surface area contributed by atoms with E-state index in [0.717, 1.165) is 25.7 Å². The molecule has 0 bridgehead atoms. The summed E-state index contributed by atoms with van der Waals surface area (Å²) in [7, 11) is 0. The van der Waals surface area contributed by atoms with Crippen molar-refractivity contribution in [1.29, 1.82) is 0 Å². The number of nitrogens with zero attached hydrogens (tertiary/aromatic N) is 1. The minimum atomic E-state index is -1.71. The van der Waals surface area contributed by atoms with Gasteiger partial charge in [-0.25, -0.2) is 9.59 Å². The number of amides is 1. The standard InChI is InChI=1S/C23H34N2O7S/c1-5-33(29)14-19(25-21(27)28)23(20(26)31-22(3,4)32-23)13-16-12-18(10-11-24-16)30-17-8-6-15(2)7-9-17/h10-12,15,17,19,25H,5-9,13-14H2,1-4H3,(H,27,28)/t15-,17-,19-,23+,33?/m0/s1. The average molecular weight is 483 g/mol. The van der Waals surface area contributed by atoms with E-state index in [0.29, 0.717) is 23.1 Å². The number of aromatic nitrogens is 1. The lowest BCUT2D eigenvalue weighted by Gasteiger charge is -2.33. The second-order valence-electron chi connectivity index (χ2n) is 9.34. The fourth-order valence-electron chi connectivity index (χ4n) is 4.44. The number of carbonyl (C=O) groups excluding carboxylic acids is 1. The number of esters is 1. The molecular formula is C23H34N2O7S. The molecule has 3 rings (SSSR count). The number of hydrogen-bond acceptors (Lipinski definition) is 7. The maximum atomic E-state index is 13.1. The molecule has 1 saturated heterocycles. The summed E-state index contributed by atoms with van der Waals surface area (Å²) in [5.41, 5.74) is -1.22. The Morgan fingerprint density at radius 1 is 1.39 bits per heavy atom. The zero-order valence-corrected chi connectivity index (χ0v) is 20.5. The number of nitrogens with one attached hydrogen (secondary N) is 1. The van der Waals surface area contributed by atoms with Crippen molar-refractivity contribution in [2.45, 2.75) is 83.3 Å². The molecule has 1 unspecified atom stereocenters. The Kier molecular flexibility index (Phi) is 8.13. The molecule has 2 heterocycles. The molecule has 9 nitrogen and oxygen atoms in total. The van der Waals surface area contributed by atoms with Gasteiger partial charge in [-0.3, -0.25) is 4.98 Å². The van der Waals surface area contributed by atoms with Crippen LogP contribution in [-0.2, 0) is 31.9 Å². The highest BCUT2D eigenvalue weighted by Gasteiger charge is 2.60. The summed E-state index contributed by atoms with van der Waals surface area (Å²) in [6.07, 6.45) is 4.55. The van der Waals surface area contributed by atoms with E-state index < -0.39 is 40.7 Å². The molecule has 1 saturated carbocycles. The van der Waals surface area contributed by atoms with Crippen molar-refractivity contribution >= 4 is 23.2 Å². The van der Waals surface area contributed by atoms with Crippen LogP contribution >= 0.6 is 0 Å². The second-order valence-corrected chi connectivity index (χ2v) is 11.1. The van der Waals surface area contributed by atoms with Crippen molar-refractivity contribution in [3.63, 3.8) is 0 Å². The normalized spacial score (nSPS) is 28.6. The first-order valence-corrected chi connectivity index (χ1v) is 12.9. The lowest BCUT2D eigenvalue weighted by atomic mass is 9.88. The van der Waals surface area contributed by atoms with Gasteiger partial charge in [-0.1, -0.05) is 18.1 Å². The topological polar surface area (TPSA) is 130 Å². The van der Waals surface area contributed by atoms with Crippen LogP contribution in [0.15, 0.2) is 18.3 Å². The molecule has 0 radical (unpaired) electrons. The first-order chi connectivity index (χ1) is 15.5. The van der Waals surface area contributed by atoms with Gasteiger partial charge in [-0.15, -0.1) is 0 Å². The van der Waals surface area contributed by atoms with E-state index in [-0.39, 0.29) is 18.3 Å². The maximum absolute atomic E-state index is 13.1. The van der Waals surface area contributed by atoms with Crippen LogP contribution < -0.4 is 10.1 Å². The quantitative estimate of drug-likeness (QED) is 0.406. The van der Waals surface area contributed by atoms with Gasteiger partial charge in [0.2, 0.25) is 5.79 Å². The Bertz CT molecular complexity index is 844. The minimum absolute atomic E-state index is 0.0555. The Labute approximate surface area is 197 Å². The number of carboxylic acid groups (broad SMARTS) is 1. The van der Waals surface area contributed by atoms with E-state index in [9.17, 15) is 19.2 Å². The molecule has 10 heteroatoms. The van der Waals surface area contributed by atoms with Crippen molar-refractivity contribution in [1.82, 2.24) is 10.3 Å². The molecule has 1 amide bonds. The number of ether oxygens (including phenoxy) is 3. The van der Waals surface area contributed by atoms with Gasteiger partial charge >= 0.3 is 12.1 Å². The predicted molar refractivity (Wildman–Crippen MR) is 122 cm³/mol. The predicted octanol–water partition coefficient (Wildman–Crippen LogP) is 3.03. The Balaban J connectivity index is 1.87. The average Bonchev–Trinajstić information content (AvgIpc) is 2.97. The van der Waals surface area contributed by atoms with Crippen LogP contribution in [0, 0.1) is 5.92 Å². The van der Waals surface area contributed by atoms with E-state index >= 15 is 0 Å². The Morgan fingerprint density at radius 2 is 2.09 bits per heavy atom. The fraction of sp³-hybridized carbons (Fsp3) is 0.696. The minimum Gasteiger partial charge on any atom is -0.616 e. The third-order valence-electron chi connectivity index (χ3n) is 6.14. The van der Waals surface area contributed by atoms with Crippen molar-refractivity contribution in [2.24, 2.45) is 5.92 Å². The van der Waals surface area contributed by atoms with E-state index in [1.54, 1.807) is 39.1 Å². The fourth-order valence-corrected chi connectivity index (χ4v) is 5.40. The van der Waals surface area contributed by atoms with Gasteiger partial charge < -0.3 is 29.2 Å². The van der Waals surface area contributed by atoms with Crippen LogP contribution in [0.1, 0.15) is 59.1 Å². The number of cyclic esters (lactones) is 1. The summed E-state index contributed by atoms with van der Waals surface area (Å²) < 4.78 is 30.0. The number of carbonyl (C=O) groups is 2. The summed E-state index contributed by atoms with van der Waals surface area (Å²) in [5, 5.41) is 11.8. The molecule has 1 aliphatic heterocycles. The van der Waals surface area contributed by atoms with Crippen LogP contribution in [-0.4, -0.2) is 61.7 Å². The van der Waals surface area contributed by atoms with Gasteiger partial charge in [0, 0.05) is 38.2 Å². The lowest BCUT2D eigenvalue weighted by molar-refractivity contribution is -0.169. The zero-order chi connectivity index (χ0) is 24.2. The van der Waals surface area contributed by atoms with Gasteiger partial charge in [-0.05, 0) is 44.6 Å². The highest BCUT2D eigenvalue weighted by Crippen LogP contribution is 2.38. The summed E-state index contributed by atoms with van der Waals surface area (Å²) in [4.78, 5) is 29.0. The van der Waals surface area contributed by atoms with Gasteiger partial charge in [0.15, 0.2) is 5.60 Å². The maximum Gasteiger partial charge on any atom is 0.405 e. The summed E-state index contributed by atoms with van der Waals surface area (Å²) in [6.45, 7) is 7.14. The third-order valence-corrected chi connectivity index (χ3v) is 7.49. The van der Waals surface area contributed by atoms with Crippen molar-refractivity contribution in [2.75, 3.05) is 11.5 Å². The summed E-state index contributed by atoms with van der Waals surface area (Å²) in [5.74, 6) is -0.415. The summed E-state index contributed by atoms with van der Waals surface area (Å²) >= 11 is -1.36. The molecule has 1 aromatic rings. The van der Waals surface area contributed by atoms with E-state index in [1.165, 1.54) is 0 Å². The second kappa shape index (κ2) is 10.5. The van der Waals surface area contributed by atoms with Gasteiger partial charge in [0.25, 0.3) is 0 Å². The molecule has 184 valence electrons. The SMILES string of the molecule is CC[S+]([O-])C[C@H](NC(=O)O)[C@@]1(Cc2cc(O[C@H]3CC[C@H](C)CC3)ccn2)OC(C)(C)OC1=O. The largest absolute Gasteiger partial charge is 0.616 e. The number of pyridine rings is 1. The molecule has 1 aromatic heterocycles. The van der Waals surface area contributed by atoms with Crippen molar-refractivity contribution in [3.8, 4) is 5.75 Å². The van der Waals surface area contributed by atoms with Crippen molar-refractivity contribution in [3.05, 3.63) is 24.0 Å². The third kappa shape index (κ3) is 6.51. The molecule has 0 aromatic carbocycles. The van der Waals surface area contributed by atoms with E-state index in [2.05, 4.69) is 17.2 Å².